The third kappa shape index (κ3) is 2.22. The minimum atomic E-state index is 0.601. The summed E-state index contributed by atoms with van der Waals surface area (Å²) in [6.07, 6.45) is 4.99. The van der Waals surface area contributed by atoms with Gasteiger partial charge in [-0.2, -0.15) is 0 Å². The SMILES string of the molecule is CCC(C)c1ccc(-n2c3ccccc3c3ccncc32)cc1. The van der Waals surface area contributed by atoms with Crippen molar-refractivity contribution in [3.8, 4) is 5.69 Å². The van der Waals surface area contributed by atoms with Crippen LogP contribution in [0.5, 0.6) is 0 Å². The van der Waals surface area contributed by atoms with Gasteiger partial charge >= 0.3 is 0 Å². The topological polar surface area (TPSA) is 17.8 Å². The van der Waals surface area contributed by atoms with Crippen molar-refractivity contribution in [2.75, 3.05) is 0 Å². The predicted molar refractivity (Wildman–Crippen MR) is 97.3 cm³/mol. The van der Waals surface area contributed by atoms with Crippen molar-refractivity contribution >= 4 is 21.8 Å². The molecule has 1 atom stereocenters. The van der Waals surface area contributed by atoms with Crippen LogP contribution in [0, 0.1) is 0 Å². The van der Waals surface area contributed by atoms with Crippen LogP contribution in [0.15, 0.2) is 67.0 Å². The van der Waals surface area contributed by atoms with E-state index < -0.39 is 0 Å². The van der Waals surface area contributed by atoms with E-state index in [4.69, 9.17) is 0 Å². The number of pyridine rings is 1. The number of para-hydroxylation sites is 1. The highest BCUT2D eigenvalue weighted by molar-refractivity contribution is 6.08. The zero-order valence-corrected chi connectivity index (χ0v) is 13.5. The molecule has 0 fully saturated rings. The van der Waals surface area contributed by atoms with E-state index in [1.165, 1.54) is 34.0 Å². The molecule has 0 amide bonds. The van der Waals surface area contributed by atoms with Crippen LogP contribution in [0.4, 0.5) is 0 Å². The van der Waals surface area contributed by atoms with Crippen LogP contribution >= 0.6 is 0 Å². The van der Waals surface area contributed by atoms with E-state index >= 15 is 0 Å². The second kappa shape index (κ2) is 5.54. The van der Waals surface area contributed by atoms with Gasteiger partial charge in [0, 0.05) is 22.7 Å². The first-order valence-electron chi connectivity index (χ1n) is 8.23. The number of benzene rings is 2. The fraction of sp³-hybridized carbons (Fsp3) is 0.190. The van der Waals surface area contributed by atoms with Gasteiger partial charge in [-0.05, 0) is 42.2 Å². The highest BCUT2D eigenvalue weighted by Gasteiger charge is 2.12. The van der Waals surface area contributed by atoms with Crippen LogP contribution in [0.25, 0.3) is 27.5 Å². The fourth-order valence-corrected chi connectivity index (χ4v) is 3.28. The Morgan fingerprint density at radius 1 is 0.913 bits per heavy atom. The van der Waals surface area contributed by atoms with Gasteiger partial charge in [-0.25, -0.2) is 0 Å². The summed E-state index contributed by atoms with van der Waals surface area (Å²) in [7, 11) is 0. The molecule has 4 rings (SSSR count). The lowest BCUT2D eigenvalue weighted by atomic mass is 9.98. The van der Waals surface area contributed by atoms with E-state index in [2.05, 4.69) is 78.0 Å². The molecule has 1 unspecified atom stereocenters. The molecule has 2 heterocycles. The molecule has 2 aromatic carbocycles. The summed E-state index contributed by atoms with van der Waals surface area (Å²) in [4.78, 5) is 4.33. The maximum absolute atomic E-state index is 4.33. The molecule has 0 radical (unpaired) electrons. The number of rotatable bonds is 3. The van der Waals surface area contributed by atoms with E-state index in [0.717, 1.165) is 5.52 Å². The molecule has 0 saturated carbocycles. The van der Waals surface area contributed by atoms with Crippen molar-refractivity contribution in [1.82, 2.24) is 9.55 Å². The molecule has 0 saturated heterocycles. The second-order valence-corrected chi connectivity index (χ2v) is 6.15. The van der Waals surface area contributed by atoms with Crippen molar-refractivity contribution in [3.05, 3.63) is 72.6 Å². The first-order chi connectivity index (χ1) is 11.3. The third-order valence-corrected chi connectivity index (χ3v) is 4.81. The molecule has 2 aromatic heterocycles. The highest BCUT2D eigenvalue weighted by atomic mass is 15.0. The Balaban J connectivity index is 1.97. The van der Waals surface area contributed by atoms with Crippen molar-refractivity contribution in [2.24, 2.45) is 0 Å². The molecular weight excluding hydrogens is 280 g/mol. The van der Waals surface area contributed by atoms with Crippen LogP contribution < -0.4 is 0 Å². The molecule has 0 aliphatic carbocycles. The molecule has 0 bridgehead atoms. The van der Waals surface area contributed by atoms with Gasteiger partial charge in [0.1, 0.15) is 0 Å². The molecule has 0 aliphatic heterocycles. The zero-order chi connectivity index (χ0) is 15.8. The van der Waals surface area contributed by atoms with Gasteiger partial charge in [0.2, 0.25) is 0 Å². The molecule has 0 aliphatic rings. The number of hydrogen-bond donors (Lipinski definition) is 0. The van der Waals surface area contributed by atoms with Crippen molar-refractivity contribution < 1.29 is 0 Å². The van der Waals surface area contributed by atoms with Crippen LogP contribution in [-0.2, 0) is 0 Å². The standard InChI is InChI=1S/C21H20N2/c1-3-15(2)16-8-10-17(11-9-16)23-20-7-5-4-6-18(20)19-12-13-22-14-21(19)23/h4-15H,3H2,1-2H3. The first kappa shape index (κ1) is 14.0. The van der Waals surface area contributed by atoms with E-state index in [9.17, 15) is 0 Å². The molecule has 2 nitrogen and oxygen atoms in total. The molecular formula is C21H20N2. The quantitative estimate of drug-likeness (QED) is 0.475. The van der Waals surface area contributed by atoms with E-state index in [1.807, 2.05) is 12.4 Å². The lowest BCUT2D eigenvalue weighted by Gasteiger charge is -2.12. The average molecular weight is 300 g/mol. The summed E-state index contributed by atoms with van der Waals surface area (Å²) in [6.45, 7) is 4.51. The van der Waals surface area contributed by atoms with E-state index in [-0.39, 0.29) is 0 Å². The maximum Gasteiger partial charge on any atom is 0.0724 e. The van der Waals surface area contributed by atoms with Gasteiger partial charge in [-0.3, -0.25) is 4.98 Å². The minimum absolute atomic E-state index is 0.601. The van der Waals surface area contributed by atoms with Gasteiger partial charge in [0.05, 0.1) is 17.2 Å². The monoisotopic (exact) mass is 300 g/mol. The number of fused-ring (bicyclic) bond motifs is 3. The number of nitrogens with zero attached hydrogens (tertiary/aromatic N) is 2. The second-order valence-electron chi connectivity index (χ2n) is 6.15. The van der Waals surface area contributed by atoms with Crippen molar-refractivity contribution in [2.45, 2.75) is 26.2 Å². The van der Waals surface area contributed by atoms with Gasteiger partial charge < -0.3 is 4.57 Å². The largest absolute Gasteiger partial charge is 0.308 e. The number of hydrogen-bond acceptors (Lipinski definition) is 1. The smallest absolute Gasteiger partial charge is 0.0724 e. The molecule has 114 valence electrons. The summed E-state index contributed by atoms with van der Waals surface area (Å²) >= 11 is 0. The van der Waals surface area contributed by atoms with E-state index in [1.54, 1.807) is 0 Å². The Hall–Kier alpha value is -2.61. The highest BCUT2D eigenvalue weighted by Crippen LogP contribution is 2.31. The zero-order valence-electron chi connectivity index (χ0n) is 13.5. The average Bonchev–Trinajstić information content (AvgIpc) is 2.96. The lowest BCUT2D eigenvalue weighted by molar-refractivity contribution is 0.733. The summed E-state index contributed by atoms with van der Waals surface area (Å²) < 4.78 is 2.30. The van der Waals surface area contributed by atoms with Crippen LogP contribution in [0.2, 0.25) is 0 Å². The van der Waals surface area contributed by atoms with Gasteiger partial charge in [0.15, 0.2) is 0 Å². The van der Waals surface area contributed by atoms with Gasteiger partial charge in [-0.15, -0.1) is 0 Å². The van der Waals surface area contributed by atoms with Crippen LogP contribution in [-0.4, -0.2) is 9.55 Å². The Morgan fingerprint density at radius 2 is 1.65 bits per heavy atom. The van der Waals surface area contributed by atoms with Crippen LogP contribution in [0.3, 0.4) is 0 Å². The van der Waals surface area contributed by atoms with Gasteiger partial charge in [-0.1, -0.05) is 44.2 Å². The summed E-state index contributed by atoms with van der Waals surface area (Å²) in [5, 5.41) is 2.53. The normalized spacial score (nSPS) is 12.8. The predicted octanol–water partition coefficient (Wildman–Crippen LogP) is 5.69. The first-order valence-corrected chi connectivity index (χ1v) is 8.23. The maximum atomic E-state index is 4.33. The fourth-order valence-electron chi connectivity index (χ4n) is 3.28. The Kier molecular flexibility index (Phi) is 3.38. The van der Waals surface area contributed by atoms with Gasteiger partial charge in [0.25, 0.3) is 0 Å². The Morgan fingerprint density at radius 3 is 2.43 bits per heavy atom. The molecule has 0 N–H and O–H groups in total. The Bertz CT molecular complexity index is 911. The van der Waals surface area contributed by atoms with Crippen LogP contribution in [0.1, 0.15) is 31.7 Å². The number of aromatic nitrogens is 2. The molecule has 0 spiro atoms. The van der Waals surface area contributed by atoms with Crippen molar-refractivity contribution in [1.29, 1.82) is 0 Å². The summed E-state index contributed by atoms with van der Waals surface area (Å²) in [5.74, 6) is 0.601. The lowest BCUT2D eigenvalue weighted by Crippen LogP contribution is -1.96. The molecule has 4 aromatic rings. The Labute approximate surface area is 136 Å². The van der Waals surface area contributed by atoms with E-state index in [0.29, 0.717) is 5.92 Å². The van der Waals surface area contributed by atoms with Crippen molar-refractivity contribution in [3.63, 3.8) is 0 Å². The molecule has 2 heteroatoms. The minimum Gasteiger partial charge on any atom is -0.308 e. The molecule has 23 heavy (non-hydrogen) atoms. The summed E-state index contributed by atoms with van der Waals surface area (Å²) in [6, 6.07) is 19.6. The summed E-state index contributed by atoms with van der Waals surface area (Å²) in [5.41, 5.74) is 4.98. The third-order valence-electron chi connectivity index (χ3n) is 4.81.